The Kier molecular flexibility index (Phi) is 6.14. The lowest BCUT2D eigenvalue weighted by Crippen LogP contribution is -2.20. The second-order valence-corrected chi connectivity index (χ2v) is 6.29. The average molecular weight is 347 g/mol. The molecule has 0 aliphatic heterocycles. The van der Waals surface area contributed by atoms with Gasteiger partial charge in [-0.2, -0.15) is 0 Å². The molecule has 0 bridgehead atoms. The second-order valence-electron chi connectivity index (χ2n) is 6.29. The van der Waals surface area contributed by atoms with Crippen LogP contribution in [0.5, 0.6) is 0 Å². The van der Waals surface area contributed by atoms with Gasteiger partial charge in [-0.3, -0.25) is 4.98 Å². The molecule has 0 aliphatic rings. The van der Waals surface area contributed by atoms with E-state index < -0.39 is 0 Å². The Hall–Kier alpha value is -2.95. The standard InChI is InChI=1S/C21H25N5/c1-3-4-13-26(2)20-14-19(23-16-17-9-8-12-22-15-17)24-21(25-20)18-10-6-5-7-11-18/h5-12,14-15H,3-4,13,16H2,1-2H3,(H,23,24,25). The molecular formula is C21H25N5. The first-order chi connectivity index (χ1) is 12.8. The monoisotopic (exact) mass is 347 g/mol. The normalized spacial score (nSPS) is 10.5. The number of nitrogens with one attached hydrogen (secondary N) is 1. The molecule has 1 aromatic carbocycles. The number of benzene rings is 1. The topological polar surface area (TPSA) is 53.9 Å². The Balaban J connectivity index is 1.87. The number of unbranched alkanes of at least 4 members (excludes halogenated alkanes) is 1. The Morgan fingerprint density at radius 3 is 2.62 bits per heavy atom. The van der Waals surface area contributed by atoms with Crippen molar-refractivity contribution in [3.63, 3.8) is 0 Å². The van der Waals surface area contributed by atoms with Crippen LogP contribution in [0.3, 0.4) is 0 Å². The number of aromatic nitrogens is 3. The second kappa shape index (κ2) is 8.94. The molecule has 26 heavy (non-hydrogen) atoms. The van der Waals surface area contributed by atoms with Crippen LogP contribution in [-0.2, 0) is 6.54 Å². The van der Waals surface area contributed by atoms with Gasteiger partial charge in [0.2, 0.25) is 0 Å². The molecule has 0 radical (unpaired) electrons. The van der Waals surface area contributed by atoms with Crippen molar-refractivity contribution < 1.29 is 0 Å². The minimum Gasteiger partial charge on any atom is -0.366 e. The molecule has 0 unspecified atom stereocenters. The Morgan fingerprint density at radius 2 is 1.88 bits per heavy atom. The lowest BCUT2D eigenvalue weighted by Gasteiger charge is -2.19. The van der Waals surface area contributed by atoms with Crippen molar-refractivity contribution in [2.75, 3.05) is 23.8 Å². The van der Waals surface area contributed by atoms with Gasteiger partial charge in [0.1, 0.15) is 11.6 Å². The molecule has 1 N–H and O–H groups in total. The number of anilines is 2. The molecule has 0 aliphatic carbocycles. The Morgan fingerprint density at radius 1 is 1.04 bits per heavy atom. The number of pyridine rings is 1. The molecule has 0 saturated carbocycles. The van der Waals surface area contributed by atoms with Gasteiger partial charge in [0.25, 0.3) is 0 Å². The largest absolute Gasteiger partial charge is 0.366 e. The van der Waals surface area contributed by atoms with Crippen molar-refractivity contribution >= 4 is 11.6 Å². The maximum absolute atomic E-state index is 4.77. The van der Waals surface area contributed by atoms with E-state index in [2.05, 4.69) is 29.2 Å². The van der Waals surface area contributed by atoms with Crippen LogP contribution < -0.4 is 10.2 Å². The molecule has 0 fully saturated rings. The molecule has 0 amide bonds. The van der Waals surface area contributed by atoms with Crippen molar-refractivity contribution in [2.24, 2.45) is 0 Å². The molecule has 0 spiro atoms. The predicted molar refractivity (Wildman–Crippen MR) is 107 cm³/mol. The molecule has 3 aromatic rings. The fourth-order valence-corrected chi connectivity index (χ4v) is 2.64. The lowest BCUT2D eigenvalue weighted by molar-refractivity contribution is 0.759. The SMILES string of the molecule is CCCCN(C)c1cc(NCc2cccnc2)nc(-c2ccccc2)n1. The highest BCUT2D eigenvalue weighted by Crippen LogP contribution is 2.22. The fourth-order valence-electron chi connectivity index (χ4n) is 2.64. The van der Waals surface area contributed by atoms with E-state index >= 15 is 0 Å². The third kappa shape index (κ3) is 4.79. The summed E-state index contributed by atoms with van der Waals surface area (Å²) in [5.74, 6) is 2.49. The van der Waals surface area contributed by atoms with Crippen molar-refractivity contribution in [2.45, 2.75) is 26.3 Å². The first-order valence-electron chi connectivity index (χ1n) is 9.04. The zero-order valence-corrected chi connectivity index (χ0v) is 15.4. The molecule has 0 atom stereocenters. The highest BCUT2D eigenvalue weighted by Gasteiger charge is 2.10. The van der Waals surface area contributed by atoms with Crippen LogP contribution in [-0.4, -0.2) is 28.5 Å². The van der Waals surface area contributed by atoms with Crippen LogP contribution in [0, 0.1) is 0 Å². The Labute approximate surface area is 155 Å². The van der Waals surface area contributed by atoms with E-state index in [0.717, 1.165) is 48.0 Å². The average Bonchev–Trinajstić information content (AvgIpc) is 2.71. The highest BCUT2D eigenvalue weighted by atomic mass is 15.2. The maximum Gasteiger partial charge on any atom is 0.163 e. The molecule has 0 saturated heterocycles. The third-order valence-electron chi connectivity index (χ3n) is 4.18. The van der Waals surface area contributed by atoms with Gasteiger partial charge in [0, 0.05) is 44.2 Å². The summed E-state index contributed by atoms with van der Waals surface area (Å²) in [6.45, 7) is 3.85. The summed E-state index contributed by atoms with van der Waals surface area (Å²) < 4.78 is 0. The smallest absolute Gasteiger partial charge is 0.163 e. The van der Waals surface area contributed by atoms with E-state index in [9.17, 15) is 0 Å². The van der Waals surface area contributed by atoms with Gasteiger partial charge >= 0.3 is 0 Å². The summed E-state index contributed by atoms with van der Waals surface area (Å²) in [4.78, 5) is 15.8. The number of hydrogen-bond acceptors (Lipinski definition) is 5. The van der Waals surface area contributed by atoms with E-state index in [1.165, 1.54) is 0 Å². The quantitative estimate of drug-likeness (QED) is 0.655. The highest BCUT2D eigenvalue weighted by molar-refractivity contribution is 5.61. The molecular weight excluding hydrogens is 322 g/mol. The van der Waals surface area contributed by atoms with Crippen LogP contribution in [0.2, 0.25) is 0 Å². The summed E-state index contributed by atoms with van der Waals surface area (Å²) in [6, 6.07) is 16.1. The van der Waals surface area contributed by atoms with Crippen LogP contribution in [0.25, 0.3) is 11.4 Å². The third-order valence-corrected chi connectivity index (χ3v) is 4.18. The lowest BCUT2D eigenvalue weighted by atomic mass is 10.2. The van der Waals surface area contributed by atoms with Gasteiger partial charge < -0.3 is 10.2 Å². The van der Waals surface area contributed by atoms with E-state index in [-0.39, 0.29) is 0 Å². The zero-order chi connectivity index (χ0) is 18.2. The van der Waals surface area contributed by atoms with Gasteiger partial charge in [0.05, 0.1) is 0 Å². The van der Waals surface area contributed by atoms with Crippen molar-refractivity contribution in [1.29, 1.82) is 0 Å². The Bertz CT molecular complexity index is 805. The van der Waals surface area contributed by atoms with Crippen LogP contribution >= 0.6 is 0 Å². The van der Waals surface area contributed by atoms with Crippen LogP contribution in [0.1, 0.15) is 25.3 Å². The van der Waals surface area contributed by atoms with Gasteiger partial charge in [-0.05, 0) is 18.1 Å². The first kappa shape index (κ1) is 17.9. The van der Waals surface area contributed by atoms with Crippen molar-refractivity contribution in [1.82, 2.24) is 15.0 Å². The molecule has 2 heterocycles. The molecule has 3 rings (SSSR count). The molecule has 2 aromatic heterocycles. The van der Waals surface area contributed by atoms with Crippen molar-refractivity contribution in [3.05, 3.63) is 66.5 Å². The van der Waals surface area contributed by atoms with Gasteiger partial charge in [-0.25, -0.2) is 9.97 Å². The van der Waals surface area contributed by atoms with E-state index in [1.54, 1.807) is 6.20 Å². The van der Waals surface area contributed by atoms with E-state index in [0.29, 0.717) is 6.54 Å². The summed E-state index contributed by atoms with van der Waals surface area (Å²) in [5, 5.41) is 3.40. The van der Waals surface area contributed by atoms with E-state index in [4.69, 9.17) is 9.97 Å². The zero-order valence-electron chi connectivity index (χ0n) is 15.4. The fraction of sp³-hybridized carbons (Fsp3) is 0.286. The molecule has 5 nitrogen and oxygen atoms in total. The van der Waals surface area contributed by atoms with Gasteiger partial charge in [0.15, 0.2) is 5.82 Å². The molecule has 5 heteroatoms. The van der Waals surface area contributed by atoms with Gasteiger partial charge in [-0.1, -0.05) is 49.7 Å². The minimum atomic E-state index is 0.678. The molecule has 134 valence electrons. The first-order valence-corrected chi connectivity index (χ1v) is 9.04. The van der Waals surface area contributed by atoms with Crippen molar-refractivity contribution in [3.8, 4) is 11.4 Å². The predicted octanol–water partition coefficient (Wildman–Crippen LogP) is 4.39. The minimum absolute atomic E-state index is 0.678. The number of hydrogen-bond donors (Lipinski definition) is 1. The van der Waals surface area contributed by atoms with Crippen LogP contribution in [0.15, 0.2) is 60.9 Å². The number of rotatable bonds is 8. The summed E-state index contributed by atoms with van der Waals surface area (Å²) >= 11 is 0. The number of nitrogens with zero attached hydrogens (tertiary/aromatic N) is 4. The summed E-state index contributed by atoms with van der Waals surface area (Å²) in [5.41, 5.74) is 2.14. The van der Waals surface area contributed by atoms with Gasteiger partial charge in [-0.15, -0.1) is 0 Å². The maximum atomic E-state index is 4.77. The van der Waals surface area contributed by atoms with Crippen LogP contribution in [0.4, 0.5) is 11.6 Å². The summed E-state index contributed by atoms with van der Waals surface area (Å²) in [6.07, 6.45) is 5.94. The summed E-state index contributed by atoms with van der Waals surface area (Å²) in [7, 11) is 2.08. The van der Waals surface area contributed by atoms with E-state index in [1.807, 2.05) is 54.7 Å².